The van der Waals surface area contributed by atoms with Gasteiger partial charge in [0.25, 0.3) is 0 Å². The first-order valence-corrected chi connectivity index (χ1v) is 11.0. The normalized spacial score (nSPS) is 10.9. The van der Waals surface area contributed by atoms with Crippen molar-refractivity contribution < 1.29 is 4.79 Å². The number of benzene rings is 2. The zero-order valence-electron chi connectivity index (χ0n) is 16.9. The molecule has 0 spiro atoms. The number of anilines is 2. The Morgan fingerprint density at radius 1 is 1.00 bits per heavy atom. The van der Waals surface area contributed by atoms with Crippen LogP contribution in [0, 0.1) is 6.92 Å². The minimum atomic E-state index is -0.352. The van der Waals surface area contributed by atoms with Crippen molar-refractivity contribution in [2.75, 3.05) is 10.6 Å². The molecule has 0 aliphatic rings. The lowest BCUT2D eigenvalue weighted by Gasteiger charge is -2.11. The number of fused-ring (bicyclic) bond motifs is 1. The van der Waals surface area contributed by atoms with Crippen LogP contribution in [-0.4, -0.2) is 25.8 Å². The molecule has 2 N–H and O–H groups in total. The number of urea groups is 1. The molecule has 3 aromatic heterocycles. The fraction of sp³-hybridized carbons (Fsp3) is 0.0435. The summed E-state index contributed by atoms with van der Waals surface area (Å²) in [5.74, 6) is 0.697. The summed E-state index contributed by atoms with van der Waals surface area (Å²) < 4.78 is 1.73. The second-order valence-corrected chi connectivity index (χ2v) is 8.49. The number of carbonyl (C=O) groups is 1. The van der Waals surface area contributed by atoms with Gasteiger partial charge in [0.15, 0.2) is 11.5 Å². The van der Waals surface area contributed by atoms with Crippen LogP contribution >= 0.6 is 22.9 Å². The molecule has 5 aromatic rings. The monoisotopic (exact) mass is 460 g/mol. The van der Waals surface area contributed by atoms with Crippen LogP contribution in [0.25, 0.3) is 27.6 Å². The molecule has 0 aliphatic heterocycles. The molecule has 9 heteroatoms. The molecule has 7 nitrogen and oxygen atoms in total. The van der Waals surface area contributed by atoms with E-state index in [2.05, 4.69) is 20.8 Å². The van der Waals surface area contributed by atoms with E-state index in [0.717, 1.165) is 21.7 Å². The number of aromatic nitrogens is 4. The van der Waals surface area contributed by atoms with Crippen molar-refractivity contribution in [3.63, 3.8) is 0 Å². The summed E-state index contributed by atoms with van der Waals surface area (Å²) in [6.45, 7) is 1.91. The van der Waals surface area contributed by atoms with Crippen LogP contribution < -0.4 is 10.6 Å². The molecule has 0 unspecified atom stereocenters. The highest BCUT2D eigenvalue weighted by Gasteiger charge is 2.12. The lowest BCUT2D eigenvalue weighted by molar-refractivity contribution is 0.262. The number of hydrogen-bond donors (Lipinski definition) is 2. The summed E-state index contributed by atoms with van der Waals surface area (Å²) in [6, 6.07) is 20.2. The number of halogens is 1. The van der Waals surface area contributed by atoms with Gasteiger partial charge in [-0.3, -0.25) is 0 Å². The second-order valence-electron chi connectivity index (χ2n) is 7.11. The Labute approximate surface area is 192 Å². The van der Waals surface area contributed by atoms with Gasteiger partial charge in [0.05, 0.1) is 10.6 Å². The van der Waals surface area contributed by atoms with E-state index < -0.39 is 0 Å². The van der Waals surface area contributed by atoms with Crippen LogP contribution in [-0.2, 0) is 0 Å². The SMILES string of the molecule is Cc1ccc(Cl)cc1NC(=O)Nc1cccc(-c2ccc3nnc(-c4cccs4)n3n2)c1. The molecule has 0 radical (unpaired) electrons. The van der Waals surface area contributed by atoms with Gasteiger partial charge in [0, 0.05) is 22.0 Å². The number of hydrogen-bond acceptors (Lipinski definition) is 5. The third-order valence-electron chi connectivity index (χ3n) is 4.87. The van der Waals surface area contributed by atoms with Crippen LogP contribution in [0.2, 0.25) is 5.02 Å². The third kappa shape index (κ3) is 4.05. The maximum Gasteiger partial charge on any atom is 0.323 e. The number of rotatable bonds is 4. The average molecular weight is 461 g/mol. The Morgan fingerprint density at radius 3 is 2.75 bits per heavy atom. The number of thiophene rings is 1. The Morgan fingerprint density at radius 2 is 1.91 bits per heavy atom. The number of aryl methyl sites for hydroxylation is 1. The Hall–Kier alpha value is -3.75. The molecule has 0 saturated heterocycles. The lowest BCUT2D eigenvalue weighted by Crippen LogP contribution is -2.20. The molecule has 5 rings (SSSR count). The number of nitrogens with zero attached hydrogens (tertiary/aromatic N) is 4. The van der Waals surface area contributed by atoms with Crippen molar-refractivity contribution >= 4 is 46.0 Å². The zero-order valence-corrected chi connectivity index (χ0v) is 18.5. The molecule has 158 valence electrons. The van der Waals surface area contributed by atoms with Crippen molar-refractivity contribution in [2.45, 2.75) is 6.92 Å². The summed E-state index contributed by atoms with van der Waals surface area (Å²) in [4.78, 5) is 13.5. The van der Waals surface area contributed by atoms with E-state index in [1.807, 2.05) is 66.9 Å². The summed E-state index contributed by atoms with van der Waals surface area (Å²) in [6.07, 6.45) is 0. The highest BCUT2D eigenvalue weighted by Crippen LogP contribution is 2.26. The van der Waals surface area contributed by atoms with Gasteiger partial charge in [-0.05, 0) is 60.3 Å². The van der Waals surface area contributed by atoms with E-state index in [1.165, 1.54) is 0 Å². The van der Waals surface area contributed by atoms with Gasteiger partial charge in [-0.25, -0.2) is 4.79 Å². The second kappa shape index (κ2) is 8.41. The van der Waals surface area contributed by atoms with E-state index in [9.17, 15) is 4.79 Å². The third-order valence-corrected chi connectivity index (χ3v) is 5.97. The lowest BCUT2D eigenvalue weighted by atomic mass is 10.1. The highest BCUT2D eigenvalue weighted by molar-refractivity contribution is 7.13. The summed E-state index contributed by atoms with van der Waals surface area (Å²) in [7, 11) is 0. The maximum absolute atomic E-state index is 12.5. The minimum absolute atomic E-state index is 0.352. The van der Waals surface area contributed by atoms with E-state index in [-0.39, 0.29) is 6.03 Å². The smallest absolute Gasteiger partial charge is 0.308 e. The van der Waals surface area contributed by atoms with Crippen LogP contribution in [0.4, 0.5) is 16.2 Å². The van der Waals surface area contributed by atoms with Gasteiger partial charge < -0.3 is 10.6 Å². The van der Waals surface area contributed by atoms with Crippen LogP contribution in [0.1, 0.15) is 5.56 Å². The van der Waals surface area contributed by atoms with Crippen LogP contribution in [0.5, 0.6) is 0 Å². The van der Waals surface area contributed by atoms with E-state index in [1.54, 1.807) is 28.0 Å². The first kappa shape index (κ1) is 20.2. The van der Waals surface area contributed by atoms with E-state index >= 15 is 0 Å². The van der Waals surface area contributed by atoms with Gasteiger partial charge in [0.1, 0.15) is 0 Å². The largest absolute Gasteiger partial charge is 0.323 e. The van der Waals surface area contributed by atoms with Crippen LogP contribution in [0.3, 0.4) is 0 Å². The van der Waals surface area contributed by atoms with Crippen molar-refractivity contribution in [1.29, 1.82) is 0 Å². The standard InChI is InChI=1S/C23H17ClN6OS/c1-14-7-8-16(24)13-19(14)26-23(31)25-17-5-2-4-15(12-17)18-9-10-21-27-28-22(30(21)29-18)20-6-3-11-32-20/h2-13H,1H3,(H2,25,26,31). The molecular formula is C23H17ClN6OS. The molecule has 3 heterocycles. The van der Waals surface area contributed by atoms with E-state index in [0.29, 0.717) is 27.9 Å². The topological polar surface area (TPSA) is 84.2 Å². The summed E-state index contributed by atoms with van der Waals surface area (Å²) >= 11 is 7.62. The van der Waals surface area contributed by atoms with Gasteiger partial charge in [-0.1, -0.05) is 35.9 Å². The molecule has 0 aliphatic carbocycles. The molecule has 0 atom stereocenters. The predicted octanol–water partition coefficient (Wildman–Crippen LogP) is 6.13. The minimum Gasteiger partial charge on any atom is -0.308 e. The predicted molar refractivity (Wildman–Crippen MR) is 128 cm³/mol. The zero-order chi connectivity index (χ0) is 22.1. The fourth-order valence-corrected chi connectivity index (χ4v) is 4.14. The van der Waals surface area contributed by atoms with Crippen molar-refractivity contribution in [3.8, 4) is 22.0 Å². The van der Waals surface area contributed by atoms with Crippen molar-refractivity contribution in [1.82, 2.24) is 19.8 Å². The van der Waals surface area contributed by atoms with Crippen molar-refractivity contribution in [3.05, 3.63) is 82.7 Å². The molecule has 2 aromatic carbocycles. The number of nitrogens with one attached hydrogen (secondary N) is 2. The van der Waals surface area contributed by atoms with Crippen LogP contribution in [0.15, 0.2) is 72.1 Å². The Bertz CT molecular complexity index is 1430. The maximum atomic E-state index is 12.5. The first-order chi connectivity index (χ1) is 15.6. The molecule has 0 bridgehead atoms. The Balaban J connectivity index is 1.40. The van der Waals surface area contributed by atoms with Gasteiger partial charge in [0.2, 0.25) is 0 Å². The van der Waals surface area contributed by atoms with Crippen molar-refractivity contribution in [2.24, 2.45) is 0 Å². The molecular weight excluding hydrogens is 444 g/mol. The Kier molecular flexibility index (Phi) is 5.30. The molecule has 0 fully saturated rings. The summed E-state index contributed by atoms with van der Waals surface area (Å²) in [5.41, 5.74) is 4.49. The fourth-order valence-electron chi connectivity index (χ4n) is 3.27. The number of carbonyl (C=O) groups excluding carboxylic acids is 1. The molecule has 32 heavy (non-hydrogen) atoms. The highest BCUT2D eigenvalue weighted by atomic mass is 35.5. The quantitative estimate of drug-likeness (QED) is 0.338. The molecule has 0 saturated carbocycles. The summed E-state index contributed by atoms with van der Waals surface area (Å²) in [5, 5.41) is 21.4. The number of amides is 2. The average Bonchev–Trinajstić information content (AvgIpc) is 3.45. The first-order valence-electron chi connectivity index (χ1n) is 9.78. The van der Waals surface area contributed by atoms with Gasteiger partial charge in [-0.2, -0.15) is 9.61 Å². The van der Waals surface area contributed by atoms with Gasteiger partial charge >= 0.3 is 6.03 Å². The van der Waals surface area contributed by atoms with Gasteiger partial charge in [-0.15, -0.1) is 21.5 Å². The molecule has 2 amide bonds. The van der Waals surface area contributed by atoms with E-state index in [4.69, 9.17) is 16.7 Å².